The maximum absolute atomic E-state index is 4.23. The van der Waals surface area contributed by atoms with Crippen LogP contribution in [0.1, 0.15) is 20.3 Å². The van der Waals surface area contributed by atoms with Crippen molar-refractivity contribution in [1.82, 2.24) is 10.3 Å². The molecule has 0 spiro atoms. The van der Waals surface area contributed by atoms with Gasteiger partial charge in [-0.05, 0) is 31.0 Å². The fourth-order valence-corrected chi connectivity index (χ4v) is 3.00. The standard InChI is InChI=1S/C17H23N3/c1-13(2)16-12-20(10-4-8-19-16)17-6-3-5-14-11-18-9-7-15(14)17/h3,5-7,9,11,13,16,19H,4,8,10,12H2,1-2H3. The average Bonchev–Trinajstić information content (AvgIpc) is 2.72. The van der Waals surface area contributed by atoms with Crippen molar-refractivity contribution in [3.63, 3.8) is 0 Å². The van der Waals surface area contributed by atoms with Crippen LogP contribution >= 0.6 is 0 Å². The predicted molar refractivity (Wildman–Crippen MR) is 85.2 cm³/mol. The quantitative estimate of drug-likeness (QED) is 0.908. The smallest absolute Gasteiger partial charge is 0.0447 e. The molecule has 1 aromatic heterocycles. The van der Waals surface area contributed by atoms with Crippen molar-refractivity contribution < 1.29 is 0 Å². The Labute approximate surface area is 121 Å². The van der Waals surface area contributed by atoms with E-state index in [1.807, 2.05) is 12.4 Å². The van der Waals surface area contributed by atoms with Gasteiger partial charge in [-0.15, -0.1) is 0 Å². The molecule has 0 bridgehead atoms. The molecular formula is C17H23N3. The Balaban J connectivity index is 1.96. The number of pyridine rings is 1. The third kappa shape index (κ3) is 2.63. The number of fused-ring (bicyclic) bond motifs is 1. The summed E-state index contributed by atoms with van der Waals surface area (Å²) in [5, 5.41) is 6.21. The van der Waals surface area contributed by atoms with E-state index in [1.54, 1.807) is 0 Å². The first kappa shape index (κ1) is 13.4. The molecule has 2 aromatic rings. The van der Waals surface area contributed by atoms with Gasteiger partial charge < -0.3 is 10.2 Å². The van der Waals surface area contributed by atoms with Gasteiger partial charge in [0.15, 0.2) is 0 Å². The highest BCUT2D eigenvalue weighted by molar-refractivity contribution is 5.93. The molecule has 1 N–H and O–H groups in total. The molecule has 0 aliphatic carbocycles. The molecule has 106 valence electrons. The largest absolute Gasteiger partial charge is 0.369 e. The molecule has 2 heterocycles. The predicted octanol–water partition coefficient (Wildman–Crippen LogP) is 3.06. The van der Waals surface area contributed by atoms with Crippen LogP contribution in [0.3, 0.4) is 0 Å². The minimum absolute atomic E-state index is 0.564. The molecule has 1 aliphatic heterocycles. The summed E-state index contributed by atoms with van der Waals surface area (Å²) in [5.74, 6) is 0.659. The van der Waals surface area contributed by atoms with E-state index >= 15 is 0 Å². The van der Waals surface area contributed by atoms with E-state index in [9.17, 15) is 0 Å². The number of rotatable bonds is 2. The molecule has 3 nitrogen and oxygen atoms in total. The Kier molecular flexibility index (Phi) is 3.88. The van der Waals surface area contributed by atoms with Crippen LogP contribution in [0.15, 0.2) is 36.7 Å². The highest BCUT2D eigenvalue weighted by atomic mass is 15.2. The minimum Gasteiger partial charge on any atom is -0.369 e. The lowest BCUT2D eigenvalue weighted by Gasteiger charge is -2.29. The van der Waals surface area contributed by atoms with Crippen molar-refractivity contribution in [3.8, 4) is 0 Å². The minimum atomic E-state index is 0.564. The van der Waals surface area contributed by atoms with Crippen LogP contribution in [0.5, 0.6) is 0 Å². The fourth-order valence-electron chi connectivity index (χ4n) is 3.00. The fraction of sp³-hybridized carbons (Fsp3) is 0.471. The van der Waals surface area contributed by atoms with Crippen LogP contribution in [-0.2, 0) is 0 Å². The molecule has 0 radical (unpaired) electrons. The normalized spacial score (nSPS) is 20.4. The number of hydrogen-bond acceptors (Lipinski definition) is 3. The number of nitrogens with zero attached hydrogens (tertiary/aromatic N) is 2. The maximum Gasteiger partial charge on any atom is 0.0447 e. The molecule has 1 fully saturated rings. The van der Waals surface area contributed by atoms with Crippen LogP contribution in [0.4, 0.5) is 5.69 Å². The van der Waals surface area contributed by atoms with E-state index in [2.05, 4.69) is 53.3 Å². The molecule has 1 aromatic carbocycles. The molecular weight excluding hydrogens is 246 g/mol. The van der Waals surface area contributed by atoms with Crippen LogP contribution in [0.25, 0.3) is 10.8 Å². The Hall–Kier alpha value is -1.61. The van der Waals surface area contributed by atoms with Crippen molar-refractivity contribution in [3.05, 3.63) is 36.7 Å². The molecule has 1 aliphatic rings. The monoisotopic (exact) mass is 269 g/mol. The second-order valence-corrected chi connectivity index (χ2v) is 5.98. The summed E-state index contributed by atoms with van der Waals surface area (Å²) in [6, 6.07) is 9.22. The van der Waals surface area contributed by atoms with E-state index in [0.29, 0.717) is 12.0 Å². The SMILES string of the molecule is CC(C)C1CN(c2cccc3cnccc23)CCCN1. The highest BCUT2D eigenvalue weighted by Crippen LogP contribution is 2.27. The summed E-state index contributed by atoms with van der Waals surface area (Å²) < 4.78 is 0. The Morgan fingerprint density at radius 2 is 2.20 bits per heavy atom. The van der Waals surface area contributed by atoms with Crippen LogP contribution in [0.2, 0.25) is 0 Å². The second kappa shape index (κ2) is 5.80. The second-order valence-electron chi connectivity index (χ2n) is 5.98. The lowest BCUT2D eigenvalue weighted by Crippen LogP contribution is -2.41. The molecule has 1 unspecified atom stereocenters. The summed E-state index contributed by atoms with van der Waals surface area (Å²) in [4.78, 5) is 6.76. The number of nitrogens with one attached hydrogen (secondary N) is 1. The topological polar surface area (TPSA) is 28.2 Å². The van der Waals surface area contributed by atoms with Crippen molar-refractivity contribution in [2.75, 3.05) is 24.5 Å². The zero-order valence-corrected chi connectivity index (χ0v) is 12.3. The number of anilines is 1. The zero-order chi connectivity index (χ0) is 13.9. The highest BCUT2D eigenvalue weighted by Gasteiger charge is 2.21. The van der Waals surface area contributed by atoms with E-state index in [0.717, 1.165) is 19.6 Å². The molecule has 3 heteroatoms. The van der Waals surface area contributed by atoms with Crippen molar-refractivity contribution in [2.24, 2.45) is 5.92 Å². The molecule has 3 rings (SSSR count). The lowest BCUT2D eigenvalue weighted by atomic mass is 10.0. The summed E-state index contributed by atoms with van der Waals surface area (Å²) in [5.41, 5.74) is 1.35. The lowest BCUT2D eigenvalue weighted by molar-refractivity contribution is 0.420. The molecule has 20 heavy (non-hydrogen) atoms. The van der Waals surface area contributed by atoms with E-state index in [1.165, 1.54) is 22.9 Å². The third-order valence-corrected chi connectivity index (χ3v) is 4.23. The van der Waals surface area contributed by atoms with Crippen molar-refractivity contribution >= 4 is 16.5 Å². The van der Waals surface area contributed by atoms with Crippen LogP contribution < -0.4 is 10.2 Å². The van der Waals surface area contributed by atoms with Crippen LogP contribution in [-0.4, -0.2) is 30.7 Å². The Morgan fingerprint density at radius 3 is 3.05 bits per heavy atom. The first-order valence-corrected chi connectivity index (χ1v) is 7.57. The van der Waals surface area contributed by atoms with Gasteiger partial charge in [0.05, 0.1) is 0 Å². The summed E-state index contributed by atoms with van der Waals surface area (Å²) >= 11 is 0. The van der Waals surface area contributed by atoms with E-state index < -0.39 is 0 Å². The first-order chi connectivity index (χ1) is 9.75. The average molecular weight is 269 g/mol. The zero-order valence-electron chi connectivity index (χ0n) is 12.3. The number of hydrogen-bond donors (Lipinski definition) is 1. The third-order valence-electron chi connectivity index (χ3n) is 4.23. The van der Waals surface area contributed by atoms with Gasteiger partial charge in [-0.3, -0.25) is 4.98 Å². The van der Waals surface area contributed by atoms with Gasteiger partial charge >= 0.3 is 0 Å². The van der Waals surface area contributed by atoms with Gasteiger partial charge in [-0.25, -0.2) is 0 Å². The van der Waals surface area contributed by atoms with Gasteiger partial charge in [-0.1, -0.05) is 26.0 Å². The van der Waals surface area contributed by atoms with Gasteiger partial charge in [0.1, 0.15) is 0 Å². The van der Waals surface area contributed by atoms with Gasteiger partial charge in [0.2, 0.25) is 0 Å². The molecule has 1 atom stereocenters. The summed E-state index contributed by atoms with van der Waals surface area (Å²) in [7, 11) is 0. The van der Waals surface area contributed by atoms with E-state index in [-0.39, 0.29) is 0 Å². The number of benzene rings is 1. The Morgan fingerprint density at radius 1 is 1.30 bits per heavy atom. The van der Waals surface area contributed by atoms with Crippen LogP contribution in [0, 0.1) is 5.92 Å². The molecule has 0 amide bonds. The van der Waals surface area contributed by atoms with E-state index in [4.69, 9.17) is 0 Å². The summed E-state index contributed by atoms with van der Waals surface area (Å²) in [6.45, 7) is 7.92. The maximum atomic E-state index is 4.23. The summed E-state index contributed by atoms with van der Waals surface area (Å²) in [6.07, 6.45) is 5.04. The Bertz CT molecular complexity index is 574. The van der Waals surface area contributed by atoms with Gasteiger partial charge in [0, 0.05) is 48.0 Å². The number of aromatic nitrogens is 1. The first-order valence-electron chi connectivity index (χ1n) is 7.57. The molecule has 1 saturated heterocycles. The molecule has 0 saturated carbocycles. The van der Waals surface area contributed by atoms with Gasteiger partial charge in [0.25, 0.3) is 0 Å². The van der Waals surface area contributed by atoms with Gasteiger partial charge in [-0.2, -0.15) is 0 Å². The van der Waals surface area contributed by atoms with Crippen molar-refractivity contribution in [1.29, 1.82) is 0 Å². The van der Waals surface area contributed by atoms with Crippen molar-refractivity contribution in [2.45, 2.75) is 26.3 Å².